The van der Waals surface area contributed by atoms with E-state index in [2.05, 4.69) is 51.9 Å². The van der Waals surface area contributed by atoms with Crippen LogP contribution in [0.1, 0.15) is 44.7 Å². The van der Waals surface area contributed by atoms with Crippen LogP contribution in [-0.2, 0) is 17.8 Å². The summed E-state index contributed by atoms with van der Waals surface area (Å²) in [4.78, 5) is 14.5. The molecule has 1 heterocycles. The molecule has 1 aliphatic heterocycles. The number of ether oxygens (including phenoxy) is 1. The van der Waals surface area contributed by atoms with Crippen molar-refractivity contribution in [2.75, 3.05) is 18.4 Å². The van der Waals surface area contributed by atoms with Crippen molar-refractivity contribution >= 4 is 11.8 Å². The third-order valence-corrected chi connectivity index (χ3v) is 5.04. The van der Waals surface area contributed by atoms with Gasteiger partial charge in [-0.3, -0.25) is 4.90 Å². The smallest absolute Gasteiger partial charge is 0.407 e. The molecule has 0 aromatic heterocycles. The molecule has 0 saturated carbocycles. The number of nitrogens with one attached hydrogen (secondary N) is 2. The van der Waals surface area contributed by atoms with E-state index >= 15 is 0 Å². The Bertz CT molecular complexity index is 778. The highest BCUT2D eigenvalue weighted by Crippen LogP contribution is 2.21. The molecule has 0 atom stereocenters. The van der Waals surface area contributed by atoms with Crippen LogP contribution in [0, 0.1) is 0 Å². The van der Waals surface area contributed by atoms with Crippen molar-refractivity contribution in [3.05, 3.63) is 65.7 Å². The molecule has 1 saturated heterocycles. The second-order valence-corrected chi connectivity index (χ2v) is 8.69. The van der Waals surface area contributed by atoms with Crippen molar-refractivity contribution < 1.29 is 9.53 Å². The van der Waals surface area contributed by atoms with E-state index < -0.39 is 5.60 Å². The summed E-state index contributed by atoms with van der Waals surface area (Å²) in [5.41, 5.74) is 3.04. The second-order valence-electron chi connectivity index (χ2n) is 8.69. The van der Waals surface area contributed by atoms with Gasteiger partial charge in [-0.15, -0.1) is 0 Å². The van der Waals surface area contributed by atoms with E-state index in [1.54, 1.807) is 0 Å². The van der Waals surface area contributed by atoms with Crippen molar-refractivity contribution in [2.24, 2.45) is 0 Å². The minimum absolute atomic E-state index is 0.387. The molecule has 156 valence electrons. The van der Waals surface area contributed by atoms with E-state index in [1.807, 2.05) is 39.0 Å². The molecular formula is C24H33N3O2. The van der Waals surface area contributed by atoms with Crippen LogP contribution in [0.25, 0.3) is 0 Å². The first kappa shape index (κ1) is 21.2. The van der Waals surface area contributed by atoms with Crippen molar-refractivity contribution in [2.45, 2.75) is 58.3 Å². The number of rotatable bonds is 6. The van der Waals surface area contributed by atoms with Gasteiger partial charge in [0.2, 0.25) is 0 Å². The Kier molecular flexibility index (Phi) is 7.15. The number of benzene rings is 2. The van der Waals surface area contributed by atoms with Gasteiger partial charge in [-0.1, -0.05) is 48.5 Å². The van der Waals surface area contributed by atoms with Crippen LogP contribution in [0.3, 0.4) is 0 Å². The maximum Gasteiger partial charge on any atom is 0.407 e. The fourth-order valence-electron chi connectivity index (χ4n) is 3.59. The van der Waals surface area contributed by atoms with Crippen LogP contribution < -0.4 is 10.6 Å². The summed E-state index contributed by atoms with van der Waals surface area (Å²) in [6.07, 6.45) is 1.84. The molecule has 1 fully saturated rings. The number of piperidine rings is 1. The number of hydrogen-bond acceptors (Lipinski definition) is 4. The SMILES string of the molecule is CC(C)(C)OC(=O)NCc1ccccc1NC1CCN(Cc2ccccc2)CC1. The number of amides is 1. The Morgan fingerprint density at radius 3 is 2.38 bits per heavy atom. The third kappa shape index (κ3) is 7.09. The summed E-state index contributed by atoms with van der Waals surface area (Å²) in [6.45, 7) is 9.25. The lowest BCUT2D eigenvalue weighted by Crippen LogP contribution is -2.39. The summed E-state index contributed by atoms with van der Waals surface area (Å²) in [7, 11) is 0. The lowest BCUT2D eigenvalue weighted by Gasteiger charge is -2.33. The van der Waals surface area contributed by atoms with E-state index in [4.69, 9.17) is 4.74 Å². The van der Waals surface area contributed by atoms with Gasteiger partial charge in [0.1, 0.15) is 5.60 Å². The summed E-state index contributed by atoms with van der Waals surface area (Å²) >= 11 is 0. The van der Waals surface area contributed by atoms with Gasteiger partial charge in [-0.05, 0) is 50.8 Å². The Hall–Kier alpha value is -2.53. The molecule has 1 amide bonds. The minimum Gasteiger partial charge on any atom is -0.444 e. The Morgan fingerprint density at radius 1 is 1.03 bits per heavy atom. The molecule has 5 heteroatoms. The first-order valence-corrected chi connectivity index (χ1v) is 10.5. The van der Waals surface area contributed by atoms with Crippen molar-refractivity contribution in [3.63, 3.8) is 0 Å². The van der Waals surface area contributed by atoms with Gasteiger partial charge in [0.15, 0.2) is 0 Å². The summed E-state index contributed by atoms with van der Waals surface area (Å²) in [6, 6.07) is 19.3. The van der Waals surface area contributed by atoms with E-state index in [0.717, 1.165) is 43.7 Å². The zero-order valence-electron chi connectivity index (χ0n) is 17.8. The average molecular weight is 396 g/mol. The van der Waals surface area contributed by atoms with E-state index in [0.29, 0.717) is 12.6 Å². The van der Waals surface area contributed by atoms with Gasteiger partial charge < -0.3 is 15.4 Å². The highest BCUT2D eigenvalue weighted by molar-refractivity contribution is 5.68. The molecule has 1 aliphatic rings. The third-order valence-electron chi connectivity index (χ3n) is 5.04. The zero-order chi connectivity index (χ0) is 20.7. The number of alkyl carbamates (subject to hydrolysis) is 1. The molecule has 2 N–H and O–H groups in total. The Balaban J connectivity index is 1.49. The molecule has 0 bridgehead atoms. The second kappa shape index (κ2) is 9.79. The number of carbonyl (C=O) groups excluding carboxylic acids is 1. The van der Waals surface area contributed by atoms with Gasteiger partial charge >= 0.3 is 6.09 Å². The molecule has 3 rings (SSSR count). The van der Waals surface area contributed by atoms with E-state index in [9.17, 15) is 4.79 Å². The molecule has 2 aromatic carbocycles. The highest BCUT2D eigenvalue weighted by Gasteiger charge is 2.20. The predicted octanol–water partition coefficient (Wildman–Crippen LogP) is 4.79. The molecule has 0 unspecified atom stereocenters. The normalized spacial score (nSPS) is 15.7. The lowest BCUT2D eigenvalue weighted by molar-refractivity contribution is 0.0523. The molecule has 29 heavy (non-hydrogen) atoms. The minimum atomic E-state index is -0.491. The first-order chi connectivity index (χ1) is 13.9. The Labute approximate surface area is 174 Å². The maximum atomic E-state index is 12.0. The summed E-state index contributed by atoms with van der Waals surface area (Å²) in [5.74, 6) is 0. The average Bonchev–Trinajstić information content (AvgIpc) is 2.68. The Morgan fingerprint density at radius 2 is 1.69 bits per heavy atom. The molecule has 5 nitrogen and oxygen atoms in total. The van der Waals surface area contributed by atoms with Gasteiger partial charge in [0.05, 0.1) is 0 Å². The number of anilines is 1. The van der Waals surface area contributed by atoms with Crippen molar-refractivity contribution in [1.29, 1.82) is 0 Å². The monoisotopic (exact) mass is 395 g/mol. The molecular weight excluding hydrogens is 362 g/mol. The van der Waals surface area contributed by atoms with Crippen LogP contribution in [0.15, 0.2) is 54.6 Å². The quantitative estimate of drug-likeness (QED) is 0.739. The van der Waals surface area contributed by atoms with Crippen LogP contribution in [-0.4, -0.2) is 35.7 Å². The molecule has 0 radical (unpaired) electrons. The standard InChI is InChI=1S/C24H33N3O2/c1-24(2,3)29-23(28)25-17-20-11-7-8-12-22(20)26-21-13-15-27(16-14-21)18-19-9-5-4-6-10-19/h4-12,21,26H,13-18H2,1-3H3,(H,25,28). The van der Waals surface area contributed by atoms with Gasteiger partial charge in [0, 0.05) is 37.9 Å². The van der Waals surface area contributed by atoms with Gasteiger partial charge in [0.25, 0.3) is 0 Å². The van der Waals surface area contributed by atoms with Crippen molar-refractivity contribution in [3.8, 4) is 0 Å². The maximum absolute atomic E-state index is 12.0. The largest absolute Gasteiger partial charge is 0.444 e. The highest BCUT2D eigenvalue weighted by atomic mass is 16.6. The van der Waals surface area contributed by atoms with Crippen LogP contribution in [0.4, 0.5) is 10.5 Å². The van der Waals surface area contributed by atoms with Gasteiger partial charge in [-0.25, -0.2) is 4.79 Å². The van der Waals surface area contributed by atoms with Crippen LogP contribution >= 0.6 is 0 Å². The summed E-state index contributed by atoms with van der Waals surface area (Å²) in [5, 5.41) is 6.55. The topological polar surface area (TPSA) is 53.6 Å². The van der Waals surface area contributed by atoms with Crippen molar-refractivity contribution in [1.82, 2.24) is 10.2 Å². The number of carbonyl (C=O) groups is 1. The van der Waals surface area contributed by atoms with Gasteiger partial charge in [-0.2, -0.15) is 0 Å². The fraction of sp³-hybridized carbons (Fsp3) is 0.458. The van der Waals surface area contributed by atoms with Crippen LogP contribution in [0.5, 0.6) is 0 Å². The van der Waals surface area contributed by atoms with E-state index in [-0.39, 0.29) is 6.09 Å². The lowest BCUT2D eigenvalue weighted by atomic mass is 10.0. The van der Waals surface area contributed by atoms with E-state index in [1.165, 1.54) is 5.56 Å². The first-order valence-electron chi connectivity index (χ1n) is 10.5. The van der Waals surface area contributed by atoms with Crippen LogP contribution in [0.2, 0.25) is 0 Å². The number of nitrogens with zero attached hydrogens (tertiary/aromatic N) is 1. The number of hydrogen-bond donors (Lipinski definition) is 2. The molecule has 0 spiro atoms. The zero-order valence-corrected chi connectivity index (χ0v) is 17.8. The predicted molar refractivity (Wildman–Crippen MR) is 118 cm³/mol. The number of para-hydroxylation sites is 1. The summed E-state index contributed by atoms with van der Waals surface area (Å²) < 4.78 is 5.33. The molecule has 2 aromatic rings. The molecule has 0 aliphatic carbocycles. The fourth-order valence-corrected chi connectivity index (χ4v) is 3.59. The number of likely N-dealkylation sites (tertiary alicyclic amines) is 1.